The molecule has 0 unspecified atom stereocenters. The Balaban J connectivity index is 0.000000172. The number of aromatic nitrogens is 2. The summed E-state index contributed by atoms with van der Waals surface area (Å²) in [6.45, 7) is 0.00303. The van der Waals surface area contributed by atoms with Crippen LogP contribution in [-0.2, 0) is 16.1 Å². The highest BCUT2D eigenvalue weighted by Gasteiger charge is 2.25. The van der Waals surface area contributed by atoms with Gasteiger partial charge in [0, 0.05) is 27.4 Å². The molecule has 0 radical (unpaired) electrons. The number of carbonyl (C=O) groups excluding carboxylic acids is 2. The van der Waals surface area contributed by atoms with Crippen molar-refractivity contribution in [1.29, 1.82) is 0 Å². The third kappa shape index (κ3) is 6.90. The molecule has 2 saturated carbocycles. The van der Waals surface area contributed by atoms with Gasteiger partial charge in [0.15, 0.2) is 0 Å². The van der Waals surface area contributed by atoms with E-state index in [4.69, 9.17) is 9.47 Å². The fraction of sp³-hybridized carbons (Fsp3) is 0.385. The molecule has 0 saturated heterocycles. The second kappa shape index (κ2) is 14.9. The molecule has 2 aromatic heterocycles. The molecule has 2 aliphatic rings. The average molecular weight is 700 g/mol. The first-order valence-electron chi connectivity index (χ1n) is 16.8. The second-order valence-corrected chi connectivity index (χ2v) is 13.5. The van der Waals surface area contributed by atoms with E-state index in [0.717, 1.165) is 37.8 Å². The van der Waals surface area contributed by atoms with Gasteiger partial charge < -0.3 is 24.5 Å². The van der Waals surface area contributed by atoms with Crippen LogP contribution in [0.2, 0.25) is 0 Å². The van der Waals surface area contributed by atoms with E-state index in [1.165, 1.54) is 94.9 Å². The van der Waals surface area contributed by atoms with Gasteiger partial charge in [0.1, 0.15) is 0 Å². The zero-order valence-electron chi connectivity index (χ0n) is 27.2. The Morgan fingerprint density at radius 3 is 1.79 bits per heavy atom. The lowest BCUT2D eigenvalue weighted by molar-refractivity contribution is 0.0592. The van der Waals surface area contributed by atoms with Crippen molar-refractivity contribution in [3.8, 4) is 11.3 Å². The van der Waals surface area contributed by atoms with Crippen LogP contribution in [0.25, 0.3) is 33.1 Å². The highest BCUT2D eigenvalue weighted by Crippen LogP contribution is 2.44. The summed E-state index contributed by atoms with van der Waals surface area (Å²) in [6.07, 6.45) is 12.6. The molecular weight excluding hydrogens is 656 g/mol. The maximum Gasteiger partial charge on any atom is 0.337 e. The Bertz CT molecular complexity index is 1880. The minimum atomic E-state index is -0.331. The van der Waals surface area contributed by atoms with Gasteiger partial charge in [0.25, 0.3) is 0 Å². The zero-order chi connectivity index (χ0) is 32.9. The Kier molecular flexibility index (Phi) is 10.5. The monoisotopic (exact) mass is 698 g/mol. The van der Waals surface area contributed by atoms with Crippen LogP contribution in [0.4, 0.5) is 0 Å². The summed E-state index contributed by atoms with van der Waals surface area (Å²) >= 11 is 3.65. The maximum absolute atomic E-state index is 12.0. The lowest BCUT2D eigenvalue weighted by Gasteiger charge is -2.23. The number of esters is 2. The first-order valence-corrected chi connectivity index (χ1v) is 17.5. The lowest BCUT2D eigenvalue weighted by atomic mass is 9.81. The summed E-state index contributed by atoms with van der Waals surface area (Å²) in [5, 5.41) is 12.2. The highest BCUT2D eigenvalue weighted by molar-refractivity contribution is 9.10. The van der Waals surface area contributed by atoms with Gasteiger partial charge in [-0.15, -0.1) is 0 Å². The molecule has 0 amide bonds. The van der Waals surface area contributed by atoms with E-state index in [9.17, 15) is 14.7 Å². The minimum Gasteiger partial charge on any atom is -0.465 e. The minimum absolute atomic E-state index is 0.00303. The van der Waals surface area contributed by atoms with Crippen molar-refractivity contribution in [3.63, 3.8) is 0 Å². The van der Waals surface area contributed by atoms with E-state index in [1.807, 2.05) is 54.6 Å². The summed E-state index contributed by atoms with van der Waals surface area (Å²) in [6, 6.07) is 19.5. The number of carbonyl (C=O) groups is 2. The van der Waals surface area contributed by atoms with Crippen molar-refractivity contribution in [3.05, 3.63) is 93.1 Å². The molecule has 0 bridgehead atoms. The summed E-state index contributed by atoms with van der Waals surface area (Å²) in [7, 11) is 2.81. The molecule has 2 aliphatic carbocycles. The predicted molar refractivity (Wildman–Crippen MR) is 190 cm³/mol. The van der Waals surface area contributed by atoms with Crippen molar-refractivity contribution in [1.82, 2.24) is 9.97 Å². The first-order chi connectivity index (χ1) is 22.9. The fourth-order valence-electron chi connectivity index (χ4n) is 7.62. The summed E-state index contributed by atoms with van der Waals surface area (Å²) < 4.78 is 10.7. The van der Waals surface area contributed by atoms with Gasteiger partial charge in [-0.3, -0.25) is 0 Å². The van der Waals surface area contributed by atoms with Crippen LogP contribution in [0.1, 0.15) is 113 Å². The third-order valence-corrected chi connectivity index (χ3v) is 10.6. The summed E-state index contributed by atoms with van der Waals surface area (Å²) in [4.78, 5) is 30.5. The van der Waals surface area contributed by atoms with Crippen molar-refractivity contribution >= 4 is 49.7 Å². The molecule has 7 nitrogen and oxygen atoms in total. The molecule has 0 spiro atoms. The molecule has 246 valence electrons. The number of benzene rings is 3. The summed E-state index contributed by atoms with van der Waals surface area (Å²) in [5.74, 6) is 0.494. The number of fused-ring (bicyclic) bond motifs is 2. The van der Waals surface area contributed by atoms with E-state index in [0.29, 0.717) is 23.0 Å². The molecule has 3 aromatic carbocycles. The smallest absolute Gasteiger partial charge is 0.337 e. The number of H-pyrrole nitrogens is 2. The number of halogens is 1. The molecule has 2 heterocycles. The number of aliphatic hydroxyl groups excluding tert-OH is 1. The van der Waals surface area contributed by atoms with Crippen LogP contribution in [0.15, 0.2) is 65.3 Å². The van der Waals surface area contributed by atoms with Gasteiger partial charge >= 0.3 is 11.9 Å². The molecule has 47 heavy (non-hydrogen) atoms. The van der Waals surface area contributed by atoms with Crippen LogP contribution in [0, 0.1) is 0 Å². The number of ether oxygens (including phenoxy) is 2. The zero-order valence-corrected chi connectivity index (χ0v) is 28.8. The molecular formula is C39H43BrN2O5. The fourth-order valence-corrected chi connectivity index (χ4v) is 8.37. The second-order valence-electron chi connectivity index (χ2n) is 12.8. The first kappa shape index (κ1) is 33.0. The number of hydrogen-bond acceptors (Lipinski definition) is 5. The van der Waals surface area contributed by atoms with Crippen LogP contribution >= 0.6 is 15.9 Å². The number of nitrogens with one attached hydrogen (secondary N) is 2. The number of methoxy groups -OCH3 is 2. The van der Waals surface area contributed by atoms with Gasteiger partial charge in [-0.05, 0) is 94.4 Å². The summed E-state index contributed by atoms with van der Waals surface area (Å²) in [5.41, 5.74) is 8.79. The molecule has 3 N–H and O–H groups in total. The third-order valence-electron chi connectivity index (χ3n) is 9.96. The molecule has 5 aromatic rings. The van der Waals surface area contributed by atoms with Gasteiger partial charge in [0.2, 0.25) is 0 Å². The Hall–Kier alpha value is -3.88. The van der Waals surface area contributed by atoms with Crippen LogP contribution in [0.5, 0.6) is 0 Å². The number of aliphatic hydroxyl groups is 1. The van der Waals surface area contributed by atoms with Crippen molar-refractivity contribution in [2.24, 2.45) is 0 Å². The largest absolute Gasteiger partial charge is 0.465 e. The Morgan fingerprint density at radius 1 is 0.723 bits per heavy atom. The van der Waals surface area contributed by atoms with Gasteiger partial charge in [-0.2, -0.15) is 0 Å². The van der Waals surface area contributed by atoms with E-state index in [-0.39, 0.29) is 18.5 Å². The van der Waals surface area contributed by atoms with Crippen LogP contribution < -0.4 is 0 Å². The standard InChI is InChI=1S/C23H25NO3.C16H18BrNO2/c1-27-23(26)16-11-12-19-20(13-16)24-22(18-10-6-5-9-17(18)14-25)21(19)15-7-3-2-4-8-15;1-20-16(19)11-7-8-12-13(9-11)18-15(17)14(12)10-5-3-2-4-6-10/h5-6,9-13,15,24-25H,2-4,7-8,14H2,1H3;7-10,18H,2-6H2,1H3. The Morgan fingerprint density at radius 2 is 1.23 bits per heavy atom. The van der Waals surface area contributed by atoms with Gasteiger partial charge in [-0.1, -0.05) is 74.9 Å². The SMILES string of the molecule is COC(=O)c1ccc2c(C3CCCCC3)c(-c3ccccc3CO)[nH]c2c1.COC(=O)c1ccc2c(C3CCCCC3)c(Br)[nH]c2c1. The molecule has 7 rings (SSSR count). The Labute approximate surface area is 284 Å². The van der Waals surface area contributed by atoms with Crippen LogP contribution in [0.3, 0.4) is 0 Å². The molecule has 0 aliphatic heterocycles. The predicted octanol–water partition coefficient (Wildman–Crippen LogP) is 9.93. The molecule has 8 heteroatoms. The van der Waals surface area contributed by atoms with E-state index in [2.05, 4.69) is 32.0 Å². The quantitative estimate of drug-likeness (QED) is 0.153. The maximum atomic E-state index is 12.0. The van der Waals surface area contributed by atoms with Crippen molar-refractivity contribution in [2.75, 3.05) is 14.2 Å². The van der Waals surface area contributed by atoms with Crippen molar-refractivity contribution in [2.45, 2.75) is 82.7 Å². The molecule has 0 atom stereocenters. The average Bonchev–Trinajstić information content (AvgIpc) is 3.68. The van der Waals surface area contributed by atoms with Crippen molar-refractivity contribution < 1.29 is 24.2 Å². The van der Waals surface area contributed by atoms with Crippen LogP contribution in [-0.4, -0.2) is 41.2 Å². The van der Waals surface area contributed by atoms with E-state index in [1.54, 1.807) is 0 Å². The number of aromatic amines is 2. The number of hydrogen-bond donors (Lipinski definition) is 3. The van der Waals surface area contributed by atoms with Gasteiger partial charge in [0.05, 0.1) is 42.3 Å². The van der Waals surface area contributed by atoms with E-state index < -0.39 is 0 Å². The van der Waals surface area contributed by atoms with Gasteiger partial charge in [-0.25, -0.2) is 9.59 Å². The normalized spacial score (nSPS) is 15.7. The topological polar surface area (TPSA) is 104 Å². The number of rotatable bonds is 6. The van der Waals surface area contributed by atoms with E-state index >= 15 is 0 Å². The molecule has 2 fully saturated rings. The highest BCUT2D eigenvalue weighted by atomic mass is 79.9. The lowest BCUT2D eigenvalue weighted by Crippen LogP contribution is -2.06.